The van der Waals surface area contributed by atoms with Crippen LogP contribution in [-0.2, 0) is 10.1 Å². The topological polar surface area (TPSA) is 113 Å². The Morgan fingerprint density at radius 3 is 2.50 bits per heavy atom. The van der Waals surface area contributed by atoms with Gasteiger partial charge in [-0.3, -0.25) is 14.9 Å². The number of benzene rings is 2. The highest BCUT2D eigenvalue weighted by molar-refractivity contribution is 14.1. The number of carbonyl (C=O) groups is 1. The Labute approximate surface area is 150 Å². The van der Waals surface area contributed by atoms with Gasteiger partial charge in [0.2, 0.25) is 0 Å². The minimum Gasteiger partial charge on any atom is -0.493 e. The molecule has 24 heavy (non-hydrogen) atoms. The Bertz CT molecular complexity index is 911. The summed E-state index contributed by atoms with van der Waals surface area (Å²) in [4.78, 5) is 20.5. The number of methoxy groups -OCH3 is 1. The van der Waals surface area contributed by atoms with Crippen molar-refractivity contribution in [3.05, 3.63) is 55.6 Å². The third kappa shape index (κ3) is 3.64. The monoisotopic (exact) mass is 463 g/mol. The van der Waals surface area contributed by atoms with E-state index in [1.54, 1.807) is 22.6 Å². The van der Waals surface area contributed by atoms with E-state index in [0.717, 1.165) is 12.1 Å². The third-order valence-electron chi connectivity index (χ3n) is 2.91. The zero-order chi connectivity index (χ0) is 17.9. The molecular formula is C14H10INO7S. The van der Waals surface area contributed by atoms with Gasteiger partial charge in [-0.2, -0.15) is 8.42 Å². The molecule has 2 aromatic rings. The van der Waals surface area contributed by atoms with Crippen LogP contribution in [0.5, 0.6) is 11.5 Å². The Morgan fingerprint density at radius 1 is 1.25 bits per heavy atom. The minimum atomic E-state index is -4.48. The summed E-state index contributed by atoms with van der Waals surface area (Å²) in [5.74, 6) is -0.131. The van der Waals surface area contributed by atoms with Crippen molar-refractivity contribution in [1.29, 1.82) is 0 Å². The summed E-state index contributed by atoms with van der Waals surface area (Å²) in [6.45, 7) is 0. The molecule has 0 unspecified atom stereocenters. The van der Waals surface area contributed by atoms with Crippen molar-refractivity contribution in [2.75, 3.05) is 7.11 Å². The maximum atomic E-state index is 12.4. The third-order valence-corrected chi connectivity index (χ3v) is 4.98. The van der Waals surface area contributed by atoms with E-state index in [1.165, 1.54) is 31.4 Å². The lowest BCUT2D eigenvalue weighted by atomic mass is 10.2. The zero-order valence-electron chi connectivity index (χ0n) is 12.1. The van der Waals surface area contributed by atoms with Crippen molar-refractivity contribution in [2.24, 2.45) is 0 Å². The molecule has 2 rings (SSSR count). The van der Waals surface area contributed by atoms with E-state index >= 15 is 0 Å². The van der Waals surface area contributed by atoms with E-state index in [9.17, 15) is 23.3 Å². The molecule has 0 N–H and O–H groups in total. The first-order valence-electron chi connectivity index (χ1n) is 6.30. The molecule has 0 aliphatic carbocycles. The summed E-state index contributed by atoms with van der Waals surface area (Å²) in [6, 6.07) is 7.54. The molecule has 2 aromatic carbocycles. The molecule has 0 spiro atoms. The van der Waals surface area contributed by atoms with E-state index in [4.69, 9.17) is 8.92 Å². The predicted molar refractivity (Wildman–Crippen MR) is 92.0 cm³/mol. The van der Waals surface area contributed by atoms with E-state index in [1.807, 2.05) is 0 Å². The largest absolute Gasteiger partial charge is 0.493 e. The lowest BCUT2D eigenvalue weighted by Crippen LogP contribution is -2.13. The maximum Gasteiger partial charge on any atom is 0.346 e. The number of carbonyl (C=O) groups excluding carboxylic acids is 1. The Hall–Kier alpha value is -2.21. The van der Waals surface area contributed by atoms with Crippen molar-refractivity contribution in [3.8, 4) is 11.5 Å². The molecule has 0 aliphatic rings. The molecule has 0 saturated heterocycles. The van der Waals surface area contributed by atoms with Gasteiger partial charge < -0.3 is 8.92 Å². The van der Waals surface area contributed by atoms with Gasteiger partial charge in [0.05, 0.1) is 15.6 Å². The molecule has 0 aromatic heterocycles. The highest BCUT2D eigenvalue weighted by Gasteiger charge is 2.29. The first-order chi connectivity index (χ1) is 11.3. The molecule has 0 fully saturated rings. The van der Waals surface area contributed by atoms with Crippen molar-refractivity contribution < 1.29 is 27.1 Å². The quantitative estimate of drug-likeness (QED) is 0.213. The lowest BCUT2D eigenvalue weighted by Gasteiger charge is -2.13. The van der Waals surface area contributed by atoms with Gasteiger partial charge in [0.25, 0.3) is 5.69 Å². The number of halogens is 1. The van der Waals surface area contributed by atoms with Gasteiger partial charge in [-0.1, -0.05) is 12.1 Å². The van der Waals surface area contributed by atoms with Crippen molar-refractivity contribution in [1.82, 2.24) is 0 Å². The number of rotatable bonds is 6. The normalized spacial score (nSPS) is 10.9. The average Bonchev–Trinajstić information content (AvgIpc) is 2.56. The molecule has 0 atom stereocenters. The van der Waals surface area contributed by atoms with Gasteiger partial charge in [-0.15, -0.1) is 0 Å². The molecule has 0 amide bonds. The van der Waals surface area contributed by atoms with Crippen LogP contribution in [0.2, 0.25) is 0 Å². The fourth-order valence-electron chi connectivity index (χ4n) is 1.86. The fourth-order valence-corrected chi connectivity index (χ4v) is 3.87. The Kier molecular flexibility index (Phi) is 5.39. The summed E-state index contributed by atoms with van der Waals surface area (Å²) in [5, 5.41) is 11.0. The number of hydrogen-bond donors (Lipinski definition) is 0. The summed E-state index contributed by atoms with van der Waals surface area (Å²) in [6.07, 6.45) is 0.574. The molecule has 0 saturated carbocycles. The molecule has 0 bridgehead atoms. The van der Waals surface area contributed by atoms with Crippen LogP contribution in [-0.4, -0.2) is 26.7 Å². The van der Waals surface area contributed by atoms with Crippen molar-refractivity contribution >= 4 is 44.7 Å². The first kappa shape index (κ1) is 18.1. The predicted octanol–water partition coefficient (Wildman–Crippen LogP) is 2.79. The standard InChI is InChI=1S/C14H10INO7S/c1-22-12-7-9(8-17)6-10(15)14(12)23-24(20,21)13-5-3-2-4-11(13)16(18)19/h2-8H,1H3. The van der Waals surface area contributed by atoms with Crippen LogP contribution in [0.1, 0.15) is 10.4 Å². The number of nitrogens with zero attached hydrogens (tertiary/aromatic N) is 1. The van der Waals surface area contributed by atoms with Gasteiger partial charge in [-0.25, -0.2) is 0 Å². The number of para-hydroxylation sites is 1. The number of nitro benzene ring substituents is 1. The van der Waals surface area contributed by atoms with Gasteiger partial charge in [0.1, 0.15) is 6.29 Å². The molecule has 8 nitrogen and oxygen atoms in total. The van der Waals surface area contributed by atoms with Crippen molar-refractivity contribution in [3.63, 3.8) is 0 Å². The Balaban J connectivity index is 2.55. The van der Waals surface area contributed by atoms with Gasteiger partial charge in [0.15, 0.2) is 16.4 Å². The minimum absolute atomic E-state index is 0.0196. The number of nitro groups is 1. The average molecular weight is 463 g/mol. The van der Waals surface area contributed by atoms with E-state index < -0.39 is 25.6 Å². The summed E-state index contributed by atoms with van der Waals surface area (Å²) < 4.78 is 35.3. The van der Waals surface area contributed by atoms with Crippen LogP contribution < -0.4 is 8.92 Å². The van der Waals surface area contributed by atoms with Crippen molar-refractivity contribution in [2.45, 2.75) is 4.90 Å². The number of hydrogen-bond acceptors (Lipinski definition) is 7. The molecule has 0 heterocycles. The second kappa shape index (κ2) is 7.13. The molecule has 126 valence electrons. The highest BCUT2D eigenvalue weighted by atomic mass is 127. The van der Waals surface area contributed by atoms with Gasteiger partial charge in [0, 0.05) is 11.6 Å². The second-order valence-corrected chi connectivity index (χ2v) is 7.09. The SMILES string of the molecule is COc1cc(C=O)cc(I)c1OS(=O)(=O)c1ccccc1[N+](=O)[O-]. The van der Waals surface area contributed by atoms with Crippen LogP contribution in [0.4, 0.5) is 5.69 Å². The van der Waals surface area contributed by atoms with E-state index in [2.05, 4.69) is 0 Å². The maximum absolute atomic E-state index is 12.4. The smallest absolute Gasteiger partial charge is 0.346 e. The molecular weight excluding hydrogens is 453 g/mol. The molecule has 10 heteroatoms. The van der Waals surface area contributed by atoms with Gasteiger partial charge >= 0.3 is 10.1 Å². The number of aldehydes is 1. The van der Waals surface area contributed by atoms with Crippen LogP contribution >= 0.6 is 22.6 Å². The van der Waals surface area contributed by atoms with E-state index in [0.29, 0.717) is 9.86 Å². The van der Waals surface area contributed by atoms with Crippen LogP contribution in [0.3, 0.4) is 0 Å². The Morgan fingerprint density at radius 2 is 1.92 bits per heavy atom. The van der Waals surface area contributed by atoms with E-state index in [-0.39, 0.29) is 17.1 Å². The number of ether oxygens (including phenoxy) is 1. The van der Waals surface area contributed by atoms with Crippen LogP contribution in [0, 0.1) is 13.7 Å². The second-order valence-electron chi connectivity index (χ2n) is 4.41. The summed E-state index contributed by atoms with van der Waals surface area (Å²) in [7, 11) is -3.20. The summed E-state index contributed by atoms with van der Waals surface area (Å²) in [5.41, 5.74) is -0.331. The lowest BCUT2D eigenvalue weighted by molar-refractivity contribution is -0.387. The highest BCUT2D eigenvalue weighted by Crippen LogP contribution is 2.36. The molecule has 0 aliphatic heterocycles. The van der Waals surface area contributed by atoms with Crippen LogP contribution in [0.25, 0.3) is 0 Å². The van der Waals surface area contributed by atoms with Crippen LogP contribution in [0.15, 0.2) is 41.3 Å². The molecule has 0 radical (unpaired) electrons. The van der Waals surface area contributed by atoms with Gasteiger partial charge in [-0.05, 0) is 40.8 Å². The summed E-state index contributed by atoms with van der Waals surface area (Å²) >= 11 is 1.78. The zero-order valence-corrected chi connectivity index (χ0v) is 15.1. The first-order valence-corrected chi connectivity index (χ1v) is 8.79. The fraction of sp³-hybridized carbons (Fsp3) is 0.0714.